The van der Waals surface area contributed by atoms with Crippen molar-refractivity contribution in [3.8, 4) is 0 Å². The third kappa shape index (κ3) is 3.75. The highest BCUT2D eigenvalue weighted by atomic mass is 16.3. The molecule has 0 aromatic heterocycles. The van der Waals surface area contributed by atoms with Gasteiger partial charge >= 0.3 is 0 Å². The molecule has 4 unspecified atom stereocenters. The second-order valence-electron chi connectivity index (χ2n) is 8.50. The summed E-state index contributed by atoms with van der Waals surface area (Å²) in [5.74, 6) is 2.47. The van der Waals surface area contributed by atoms with Gasteiger partial charge in [-0.05, 0) is 74.3 Å². The summed E-state index contributed by atoms with van der Waals surface area (Å²) in [5.41, 5.74) is 1.44. The smallest absolute Gasteiger partial charge is 0.0840 e. The summed E-state index contributed by atoms with van der Waals surface area (Å²) < 4.78 is 0. The fourth-order valence-electron chi connectivity index (χ4n) is 4.90. The van der Waals surface area contributed by atoms with E-state index in [1.165, 1.54) is 24.8 Å². The zero-order chi connectivity index (χ0) is 17.3. The van der Waals surface area contributed by atoms with Gasteiger partial charge < -0.3 is 10.2 Å². The fourth-order valence-corrected chi connectivity index (χ4v) is 4.90. The Morgan fingerprint density at radius 3 is 2.54 bits per heavy atom. The number of fused-ring (bicyclic) bond motifs is 1. The number of benzene rings is 1. The maximum absolute atomic E-state index is 10.4. The van der Waals surface area contributed by atoms with E-state index in [0.717, 1.165) is 30.2 Å². The lowest BCUT2D eigenvalue weighted by molar-refractivity contribution is 0.0278. The zero-order valence-corrected chi connectivity index (χ0v) is 15.3. The largest absolute Gasteiger partial charge is 0.393 e. The second kappa shape index (κ2) is 7.01. The van der Waals surface area contributed by atoms with Crippen molar-refractivity contribution in [1.29, 1.82) is 0 Å². The van der Waals surface area contributed by atoms with Crippen molar-refractivity contribution in [1.82, 2.24) is 0 Å². The molecule has 0 aliphatic heterocycles. The van der Waals surface area contributed by atoms with Gasteiger partial charge in [-0.1, -0.05) is 49.8 Å². The topological polar surface area (TPSA) is 40.5 Å². The summed E-state index contributed by atoms with van der Waals surface area (Å²) in [6, 6.07) is 8.24. The first kappa shape index (κ1) is 17.7. The SMILES string of the molecule is C[C@H]1CC(C=CCc2ccc(C(C)(C)O)cc2)C2C(O)CCCC21. The molecule has 5 atom stereocenters. The van der Waals surface area contributed by atoms with Gasteiger partial charge in [0.2, 0.25) is 0 Å². The number of rotatable bonds is 4. The molecule has 2 aliphatic rings. The van der Waals surface area contributed by atoms with Crippen LogP contribution in [0.15, 0.2) is 36.4 Å². The molecule has 3 rings (SSSR count). The third-order valence-electron chi connectivity index (χ3n) is 6.24. The highest BCUT2D eigenvalue weighted by molar-refractivity contribution is 5.27. The minimum atomic E-state index is -0.777. The minimum absolute atomic E-state index is 0.102. The Balaban J connectivity index is 1.62. The summed E-state index contributed by atoms with van der Waals surface area (Å²) >= 11 is 0. The zero-order valence-electron chi connectivity index (χ0n) is 15.3. The van der Waals surface area contributed by atoms with Crippen molar-refractivity contribution in [3.05, 3.63) is 47.5 Å². The number of aliphatic hydroxyl groups is 2. The van der Waals surface area contributed by atoms with Crippen LogP contribution in [0.2, 0.25) is 0 Å². The normalized spacial score (nSPS) is 33.8. The van der Waals surface area contributed by atoms with E-state index in [0.29, 0.717) is 11.8 Å². The quantitative estimate of drug-likeness (QED) is 0.802. The molecule has 0 radical (unpaired) electrons. The number of hydrogen-bond acceptors (Lipinski definition) is 2. The highest BCUT2D eigenvalue weighted by Gasteiger charge is 2.44. The average molecular weight is 328 g/mol. The standard InChI is InChI=1S/C22H32O2/c1-15-14-17(21-19(15)8-5-9-20(21)23)7-4-6-16-10-12-18(13-11-16)22(2,3)24/h4,7,10-13,15,17,19-21,23-24H,5-6,8-9,14H2,1-3H3/t15-,17?,19?,20?,21?/m0/s1. The van der Waals surface area contributed by atoms with Gasteiger partial charge in [0.25, 0.3) is 0 Å². The maximum Gasteiger partial charge on any atom is 0.0840 e. The Morgan fingerprint density at radius 2 is 1.88 bits per heavy atom. The molecule has 132 valence electrons. The second-order valence-corrected chi connectivity index (χ2v) is 8.50. The summed E-state index contributed by atoms with van der Waals surface area (Å²) in [5, 5.41) is 20.5. The molecule has 0 amide bonds. The van der Waals surface area contributed by atoms with Gasteiger partial charge in [-0.3, -0.25) is 0 Å². The van der Waals surface area contributed by atoms with Gasteiger partial charge in [0.05, 0.1) is 11.7 Å². The van der Waals surface area contributed by atoms with Gasteiger partial charge in [0.15, 0.2) is 0 Å². The van der Waals surface area contributed by atoms with E-state index >= 15 is 0 Å². The summed E-state index contributed by atoms with van der Waals surface area (Å²) in [4.78, 5) is 0. The van der Waals surface area contributed by atoms with Crippen LogP contribution in [-0.4, -0.2) is 16.3 Å². The molecular weight excluding hydrogens is 296 g/mol. The Morgan fingerprint density at radius 1 is 1.17 bits per heavy atom. The van der Waals surface area contributed by atoms with Crippen LogP contribution in [0, 0.1) is 23.7 Å². The van der Waals surface area contributed by atoms with Crippen molar-refractivity contribution in [3.63, 3.8) is 0 Å². The maximum atomic E-state index is 10.4. The molecular formula is C22H32O2. The fraction of sp³-hybridized carbons (Fsp3) is 0.636. The number of allylic oxidation sites excluding steroid dienone is 2. The van der Waals surface area contributed by atoms with Gasteiger partial charge in [-0.2, -0.15) is 0 Å². The molecule has 0 saturated heterocycles. The first-order chi connectivity index (χ1) is 11.4. The highest BCUT2D eigenvalue weighted by Crippen LogP contribution is 2.49. The van der Waals surface area contributed by atoms with Crippen LogP contribution >= 0.6 is 0 Å². The average Bonchev–Trinajstić information content (AvgIpc) is 2.85. The Labute approximate surface area is 146 Å². The molecule has 1 aromatic rings. The van der Waals surface area contributed by atoms with Gasteiger partial charge in [-0.25, -0.2) is 0 Å². The lowest BCUT2D eigenvalue weighted by Crippen LogP contribution is -2.33. The molecule has 0 bridgehead atoms. The van der Waals surface area contributed by atoms with Crippen LogP contribution in [0.1, 0.15) is 57.6 Å². The molecule has 2 fully saturated rings. The van der Waals surface area contributed by atoms with Crippen molar-refractivity contribution in [2.75, 3.05) is 0 Å². The van der Waals surface area contributed by atoms with Crippen molar-refractivity contribution in [2.45, 2.75) is 64.6 Å². The van der Waals surface area contributed by atoms with E-state index < -0.39 is 5.60 Å². The lowest BCUT2D eigenvalue weighted by atomic mass is 9.74. The summed E-state index contributed by atoms with van der Waals surface area (Å²) in [7, 11) is 0. The van der Waals surface area contributed by atoms with Crippen molar-refractivity contribution >= 4 is 0 Å². The van der Waals surface area contributed by atoms with E-state index in [1.54, 1.807) is 0 Å². The molecule has 0 spiro atoms. The Bertz CT molecular complexity index is 567. The number of aliphatic hydroxyl groups excluding tert-OH is 1. The first-order valence-electron chi connectivity index (χ1n) is 9.53. The molecule has 2 N–H and O–H groups in total. The van der Waals surface area contributed by atoms with Gasteiger partial charge in [-0.15, -0.1) is 0 Å². The monoisotopic (exact) mass is 328 g/mol. The third-order valence-corrected chi connectivity index (χ3v) is 6.24. The van der Waals surface area contributed by atoms with Gasteiger partial charge in [0, 0.05) is 0 Å². The van der Waals surface area contributed by atoms with Crippen molar-refractivity contribution < 1.29 is 10.2 Å². The summed E-state index contributed by atoms with van der Waals surface area (Å²) in [6.07, 6.45) is 10.2. The first-order valence-corrected chi connectivity index (χ1v) is 9.53. The molecule has 2 nitrogen and oxygen atoms in total. The van der Waals surface area contributed by atoms with E-state index in [2.05, 4.69) is 31.2 Å². The Hall–Kier alpha value is -1.12. The predicted octanol–water partition coefficient (Wildman–Crippen LogP) is 4.45. The van der Waals surface area contributed by atoms with Crippen LogP contribution in [0.25, 0.3) is 0 Å². The number of hydrogen-bond donors (Lipinski definition) is 2. The van der Waals surface area contributed by atoms with Crippen LogP contribution in [0.5, 0.6) is 0 Å². The molecule has 2 saturated carbocycles. The van der Waals surface area contributed by atoms with E-state index in [9.17, 15) is 10.2 Å². The van der Waals surface area contributed by atoms with Crippen molar-refractivity contribution in [2.24, 2.45) is 23.7 Å². The summed E-state index contributed by atoms with van der Waals surface area (Å²) in [6.45, 7) is 5.99. The van der Waals surface area contributed by atoms with E-state index in [-0.39, 0.29) is 6.10 Å². The van der Waals surface area contributed by atoms with Gasteiger partial charge in [0.1, 0.15) is 0 Å². The van der Waals surface area contributed by atoms with Crippen LogP contribution in [-0.2, 0) is 12.0 Å². The lowest BCUT2D eigenvalue weighted by Gasteiger charge is -2.34. The van der Waals surface area contributed by atoms with E-state index in [1.807, 2.05) is 26.0 Å². The Kier molecular flexibility index (Phi) is 5.17. The predicted molar refractivity (Wildman–Crippen MR) is 98.6 cm³/mol. The minimum Gasteiger partial charge on any atom is -0.393 e. The molecule has 1 aromatic carbocycles. The van der Waals surface area contributed by atoms with Crippen LogP contribution in [0.3, 0.4) is 0 Å². The molecule has 2 heteroatoms. The molecule has 2 aliphatic carbocycles. The van der Waals surface area contributed by atoms with Crippen LogP contribution < -0.4 is 0 Å². The molecule has 24 heavy (non-hydrogen) atoms. The molecule has 0 heterocycles. The van der Waals surface area contributed by atoms with E-state index in [4.69, 9.17) is 0 Å². The van der Waals surface area contributed by atoms with Crippen LogP contribution in [0.4, 0.5) is 0 Å².